The molecule has 1 aromatic carbocycles. The molecule has 3 nitrogen and oxygen atoms in total. The minimum Gasteiger partial charge on any atom is -0.478 e. The van der Waals surface area contributed by atoms with Crippen LogP contribution in [0, 0.1) is 0 Å². The van der Waals surface area contributed by atoms with E-state index in [0.717, 1.165) is 12.1 Å². The van der Waals surface area contributed by atoms with Crippen molar-refractivity contribution in [1.29, 1.82) is 0 Å². The number of alkyl halides is 4. The van der Waals surface area contributed by atoms with Crippen molar-refractivity contribution in [3.8, 4) is 5.75 Å². The molecule has 1 aromatic rings. The third-order valence-electron chi connectivity index (χ3n) is 2.32. The van der Waals surface area contributed by atoms with E-state index in [1.165, 1.54) is 18.2 Å². The molecule has 0 unspecified atom stereocenters. The maximum atomic E-state index is 12.3. The van der Waals surface area contributed by atoms with E-state index in [1.807, 2.05) is 0 Å². The Kier molecular flexibility index (Phi) is 5.88. The number of ether oxygens (including phenoxy) is 1. The van der Waals surface area contributed by atoms with E-state index >= 15 is 0 Å². The van der Waals surface area contributed by atoms with Gasteiger partial charge in [0.15, 0.2) is 0 Å². The molecule has 0 atom stereocenters. The summed E-state index contributed by atoms with van der Waals surface area (Å²) in [5.41, 5.74) is 0.678. The largest absolute Gasteiger partial charge is 0.573 e. The SMILES string of the molecule is O=C(O)/C=C/c1ccc(CCCCl)c(OC(F)(F)F)c1. The van der Waals surface area contributed by atoms with Gasteiger partial charge in [-0.25, -0.2) is 4.79 Å². The molecule has 1 rings (SSSR count). The second kappa shape index (κ2) is 7.19. The molecule has 0 heterocycles. The van der Waals surface area contributed by atoms with E-state index in [-0.39, 0.29) is 5.75 Å². The summed E-state index contributed by atoms with van der Waals surface area (Å²) in [7, 11) is 0. The topological polar surface area (TPSA) is 46.5 Å². The first-order valence-corrected chi connectivity index (χ1v) is 6.21. The van der Waals surface area contributed by atoms with E-state index in [1.54, 1.807) is 0 Å². The van der Waals surface area contributed by atoms with Gasteiger partial charge in [0.05, 0.1) is 0 Å². The summed E-state index contributed by atoms with van der Waals surface area (Å²) >= 11 is 5.51. The highest BCUT2D eigenvalue weighted by Gasteiger charge is 2.32. The van der Waals surface area contributed by atoms with Crippen LogP contribution >= 0.6 is 11.6 Å². The summed E-state index contributed by atoms with van der Waals surface area (Å²) < 4.78 is 40.9. The smallest absolute Gasteiger partial charge is 0.478 e. The first-order chi connectivity index (χ1) is 9.31. The van der Waals surface area contributed by atoms with Crippen molar-refractivity contribution in [3.63, 3.8) is 0 Å². The molecule has 1 N–H and O–H groups in total. The van der Waals surface area contributed by atoms with Crippen LogP contribution in [0.5, 0.6) is 5.75 Å². The quantitative estimate of drug-likeness (QED) is 0.641. The van der Waals surface area contributed by atoms with Gasteiger partial charge in [0.1, 0.15) is 5.75 Å². The summed E-state index contributed by atoms with van der Waals surface area (Å²) in [6.45, 7) is 0. The lowest BCUT2D eigenvalue weighted by Gasteiger charge is -2.13. The van der Waals surface area contributed by atoms with Crippen molar-refractivity contribution in [1.82, 2.24) is 0 Å². The molecule has 0 spiro atoms. The van der Waals surface area contributed by atoms with Crippen molar-refractivity contribution in [3.05, 3.63) is 35.4 Å². The van der Waals surface area contributed by atoms with Crippen molar-refractivity contribution in [2.45, 2.75) is 19.2 Å². The van der Waals surface area contributed by atoms with Crippen molar-refractivity contribution < 1.29 is 27.8 Å². The number of halogens is 4. The molecule has 0 amide bonds. The van der Waals surface area contributed by atoms with Crippen molar-refractivity contribution in [2.24, 2.45) is 0 Å². The molecule has 20 heavy (non-hydrogen) atoms. The van der Waals surface area contributed by atoms with Gasteiger partial charge in [0, 0.05) is 12.0 Å². The normalized spacial score (nSPS) is 11.8. The van der Waals surface area contributed by atoms with Crippen molar-refractivity contribution >= 4 is 23.6 Å². The predicted octanol–water partition coefficient (Wildman–Crippen LogP) is 3.85. The summed E-state index contributed by atoms with van der Waals surface area (Å²) in [4.78, 5) is 10.4. The molecular formula is C13H12ClF3O3. The van der Waals surface area contributed by atoms with Crippen LogP contribution in [-0.4, -0.2) is 23.3 Å². The number of carboxylic acids is 1. The first-order valence-electron chi connectivity index (χ1n) is 5.67. The molecule has 110 valence electrons. The lowest BCUT2D eigenvalue weighted by Crippen LogP contribution is -2.18. The third-order valence-corrected chi connectivity index (χ3v) is 2.58. The average molecular weight is 309 g/mol. The highest BCUT2D eigenvalue weighted by Crippen LogP contribution is 2.29. The first kappa shape index (κ1) is 16.4. The molecule has 0 radical (unpaired) electrons. The highest BCUT2D eigenvalue weighted by molar-refractivity contribution is 6.17. The van der Waals surface area contributed by atoms with Crippen LogP contribution in [0.3, 0.4) is 0 Å². The van der Waals surface area contributed by atoms with Gasteiger partial charge in [-0.2, -0.15) is 0 Å². The minimum absolute atomic E-state index is 0.307. The van der Waals surface area contributed by atoms with Crippen LogP contribution in [0.2, 0.25) is 0 Å². The van der Waals surface area contributed by atoms with Gasteiger partial charge in [-0.05, 0) is 36.1 Å². The van der Waals surface area contributed by atoms with Gasteiger partial charge in [-0.3, -0.25) is 0 Å². The fraction of sp³-hybridized carbons (Fsp3) is 0.308. The van der Waals surface area contributed by atoms with E-state index in [2.05, 4.69) is 4.74 Å². The van der Waals surface area contributed by atoms with Crippen LogP contribution in [0.25, 0.3) is 6.08 Å². The van der Waals surface area contributed by atoms with Crippen molar-refractivity contribution in [2.75, 3.05) is 5.88 Å². The molecule has 0 aliphatic carbocycles. The maximum Gasteiger partial charge on any atom is 0.573 e. The molecule has 0 saturated heterocycles. The lowest BCUT2D eigenvalue weighted by molar-refractivity contribution is -0.274. The fourth-order valence-electron chi connectivity index (χ4n) is 1.53. The number of hydrogen-bond acceptors (Lipinski definition) is 2. The van der Waals surface area contributed by atoms with Crippen LogP contribution < -0.4 is 4.74 Å². The van der Waals surface area contributed by atoms with Gasteiger partial charge in [0.2, 0.25) is 0 Å². The second-order valence-electron chi connectivity index (χ2n) is 3.88. The number of hydrogen-bond donors (Lipinski definition) is 1. The summed E-state index contributed by atoms with van der Waals surface area (Å²) in [5, 5.41) is 8.49. The molecule has 0 aliphatic rings. The molecule has 0 fully saturated rings. The zero-order valence-electron chi connectivity index (χ0n) is 10.3. The average Bonchev–Trinajstić information content (AvgIpc) is 2.33. The summed E-state index contributed by atoms with van der Waals surface area (Å²) in [5.74, 6) is -1.20. The number of benzene rings is 1. The molecule has 0 saturated carbocycles. The molecular weight excluding hydrogens is 297 g/mol. The minimum atomic E-state index is -4.80. The lowest BCUT2D eigenvalue weighted by atomic mass is 10.1. The van der Waals surface area contributed by atoms with E-state index < -0.39 is 12.3 Å². The number of aliphatic carboxylic acids is 1. The second-order valence-corrected chi connectivity index (χ2v) is 4.26. The summed E-state index contributed by atoms with van der Waals surface area (Å²) in [6, 6.07) is 4.14. The van der Waals surface area contributed by atoms with E-state index in [9.17, 15) is 18.0 Å². The molecule has 0 bridgehead atoms. The number of carboxylic acid groups (broad SMARTS) is 1. The summed E-state index contributed by atoms with van der Waals surface area (Å²) in [6.07, 6.45) is -1.91. The van der Waals surface area contributed by atoms with E-state index in [4.69, 9.17) is 16.7 Å². The maximum absolute atomic E-state index is 12.3. The Hall–Kier alpha value is -1.69. The molecule has 7 heteroatoms. The monoisotopic (exact) mass is 308 g/mol. The van der Waals surface area contributed by atoms with Crippen LogP contribution in [0.4, 0.5) is 13.2 Å². The Morgan fingerprint density at radius 1 is 1.40 bits per heavy atom. The number of aryl methyl sites for hydroxylation is 1. The van der Waals surface area contributed by atoms with Gasteiger partial charge in [0.25, 0.3) is 0 Å². The Bertz CT molecular complexity index is 498. The Morgan fingerprint density at radius 3 is 2.65 bits per heavy atom. The Balaban J connectivity index is 3.04. The third kappa shape index (κ3) is 5.97. The number of rotatable bonds is 6. The van der Waals surface area contributed by atoms with Gasteiger partial charge >= 0.3 is 12.3 Å². The van der Waals surface area contributed by atoms with Crippen LogP contribution in [0.1, 0.15) is 17.5 Å². The fourth-order valence-corrected chi connectivity index (χ4v) is 1.66. The molecule has 0 aromatic heterocycles. The molecule has 0 aliphatic heterocycles. The van der Waals surface area contributed by atoms with Crippen LogP contribution in [0.15, 0.2) is 24.3 Å². The van der Waals surface area contributed by atoms with E-state index in [0.29, 0.717) is 29.8 Å². The standard InChI is InChI=1S/C13H12ClF3O3/c14-7-1-2-10-5-3-9(4-6-12(18)19)8-11(10)20-13(15,16)17/h3-6,8H,1-2,7H2,(H,18,19)/b6-4+. The number of carbonyl (C=O) groups is 1. The Morgan fingerprint density at radius 2 is 2.10 bits per heavy atom. The highest BCUT2D eigenvalue weighted by atomic mass is 35.5. The predicted molar refractivity (Wildman–Crippen MR) is 68.8 cm³/mol. The Labute approximate surface area is 118 Å². The van der Waals surface area contributed by atoms with Gasteiger partial charge < -0.3 is 9.84 Å². The van der Waals surface area contributed by atoms with Gasteiger partial charge in [-0.15, -0.1) is 24.8 Å². The van der Waals surface area contributed by atoms with Gasteiger partial charge in [-0.1, -0.05) is 12.1 Å². The zero-order chi connectivity index (χ0) is 15.2. The zero-order valence-corrected chi connectivity index (χ0v) is 11.0. The van der Waals surface area contributed by atoms with Crippen LogP contribution in [-0.2, 0) is 11.2 Å².